The molecule has 1 heterocycles. The predicted octanol–water partition coefficient (Wildman–Crippen LogP) is 4.22. The van der Waals surface area contributed by atoms with Crippen LogP contribution in [0.3, 0.4) is 0 Å². The number of amides is 2. The van der Waals surface area contributed by atoms with Crippen molar-refractivity contribution in [2.45, 2.75) is 27.2 Å². The number of aryl methyl sites for hydroxylation is 3. The van der Waals surface area contributed by atoms with Crippen molar-refractivity contribution in [2.75, 3.05) is 11.9 Å². The molecule has 0 aliphatic heterocycles. The number of hydrogen-bond donors (Lipinski definition) is 2. The number of anilines is 1. The van der Waals surface area contributed by atoms with Crippen molar-refractivity contribution in [3.8, 4) is 0 Å². The second-order valence-electron chi connectivity index (χ2n) is 6.78. The Morgan fingerprint density at radius 3 is 2.54 bits per heavy atom. The highest BCUT2D eigenvalue weighted by atomic mass is 79.9. The van der Waals surface area contributed by atoms with Crippen LogP contribution in [0.5, 0.6) is 0 Å². The van der Waals surface area contributed by atoms with Gasteiger partial charge in [-0.25, -0.2) is 0 Å². The van der Waals surface area contributed by atoms with Gasteiger partial charge in [-0.2, -0.15) is 0 Å². The van der Waals surface area contributed by atoms with E-state index in [2.05, 4.69) is 31.5 Å². The van der Waals surface area contributed by atoms with Crippen LogP contribution in [0.1, 0.15) is 22.4 Å². The molecule has 2 amide bonds. The molecule has 5 nitrogen and oxygen atoms in total. The van der Waals surface area contributed by atoms with Crippen LogP contribution in [0.15, 0.2) is 46.9 Å². The van der Waals surface area contributed by atoms with Crippen LogP contribution in [0.4, 0.5) is 5.69 Å². The maximum Gasteiger partial charge on any atom is 0.243 e. The van der Waals surface area contributed by atoms with Gasteiger partial charge < -0.3 is 10.6 Å². The van der Waals surface area contributed by atoms with E-state index in [1.54, 1.807) is 0 Å². The molecule has 144 valence electrons. The highest BCUT2D eigenvalue weighted by Crippen LogP contribution is 2.23. The van der Waals surface area contributed by atoms with Gasteiger partial charge in [-0.05, 0) is 61.7 Å². The molecule has 0 saturated carbocycles. The smallest absolute Gasteiger partial charge is 0.243 e. The maximum atomic E-state index is 12.4. The van der Waals surface area contributed by atoms with Gasteiger partial charge in [-0.15, -0.1) is 0 Å². The molecule has 0 atom stereocenters. The van der Waals surface area contributed by atoms with Gasteiger partial charge in [-0.1, -0.05) is 34.1 Å². The Kier molecular flexibility index (Phi) is 6.09. The molecule has 0 aliphatic rings. The molecule has 0 fully saturated rings. The number of pyridine rings is 1. The Bertz CT molecular complexity index is 1060. The third-order valence-electron chi connectivity index (χ3n) is 4.73. The number of carbonyl (C=O) groups is 2. The minimum atomic E-state index is -0.260. The molecule has 0 saturated heterocycles. The number of hydrogen-bond acceptors (Lipinski definition) is 3. The second-order valence-corrected chi connectivity index (χ2v) is 7.69. The van der Waals surface area contributed by atoms with Gasteiger partial charge in [0.2, 0.25) is 11.8 Å². The van der Waals surface area contributed by atoms with Crippen molar-refractivity contribution >= 4 is 44.3 Å². The number of nitrogens with zero attached hydrogens (tertiary/aromatic N) is 1. The first kappa shape index (κ1) is 20.0. The minimum absolute atomic E-state index is 0.0760. The van der Waals surface area contributed by atoms with E-state index in [0.29, 0.717) is 0 Å². The van der Waals surface area contributed by atoms with Gasteiger partial charge in [-0.3, -0.25) is 14.6 Å². The lowest BCUT2D eigenvalue weighted by atomic mass is 9.99. The topological polar surface area (TPSA) is 71.1 Å². The molecule has 0 radical (unpaired) electrons. The Morgan fingerprint density at radius 1 is 1.04 bits per heavy atom. The number of nitrogens with one attached hydrogen (secondary N) is 2. The van der Waals surface area contributed by atoms with E-state index in [9.17, 15) is 9.59 Å². The number of para-hydroxylation sites is 1. The number of aromatic nitrogens is 1. The number of benzene rings is 2. The Labute approximate surface area is 172 Å². The zero-order chi connectivity index (χ0) is 20.3. The molecule has 2 N–H and O–H groups in total. The standard InChI is InChI=1S/C22H22BrN3O2/c1-13-10-16(23)8-9-19(13)26-22(28)12-24-21(27)11-18-14(2)17-6-4-5-7-20(17)25-15(18)3/h4-10H,11-12H2,1-3H3,(H,24,27)(H,26,28). The van der Waals surface area contributed by atoms with Gasteiger partial charge in [0.05, 0.1) is 18.5 Å². The fourth-order valence-electron chi connectivity index (χ4n) is 3.19. The van der Waals surface area contributed by atoms with Gasteiger partial charge in [0, 0.05) is 21.2 Å². The SMILES string of the molecule is Cc1cc(Br)ccc1NC(=O)CNC(=O)Cc1c(C)nc2ccccc2c1C. The number of rotatable bonds is 5. The lowest BCUT2D eigenvalue weighted by Crippen LogP contribution is -2.34. The third-order valence-corrected chi connectivity index (χ3v) is 5.22. The first-order chi connectivity index (χ1) is 13.3. The highest BCUT2D eigenvalue weighted by molar-refractivity contribution is 9.10. The van der Waals surface area contributed by atoms with Gasteiger partial charge in [0.25, 0.3) is 0 Å². The molecule has 3 aromatic rings. The van der Waals surface area contributed by atoms with Crippen LogP contribution in [0, 0.1) is 20.8 Å². The van der Waals surface area contributed by atoms with Crippen molar-refractivity contribution in [3.63, 3.8) is 0 Å². The summed E-state index contributed by atoms with van der Waals surface area (Å²) in [7, 11) is 0. The van der Waals surface area contributed by atoms with Crippen LogP contribution in [0.25, 0.3) is 10.9 Å². The van der Waals surface area contributed by atoms with E-state index in [-0.39, 0.29) is 24.8 Å². The summed E-state index contributed by atoms with van der Waals surface area (Å²) in [6, 6.07) is 13.5. The van der Waals surface area contributed by atoms with Gasteiger partial charge in [0.1, 0.15) is 0 Å². The van der Waals surface area contributed by atoms with Crippen LogP contribution in [-0.2, 0) is 16.0 Å². The van der Waals surface area contributed by atoms with Crippen LogP contribution >= 0.6 is 15.9 Å². The van der Waals surface area contributed by atoms with Crippen LogP contribution in [0.2, 0.25) is 0 Å². The monoisotopic (exact) mass is 439 g/mol. The molecule has 2 aromatic carbocycles. The predicted molar refractivity (Wildman–Crippen MR) is 115 cm³/mol. The first-order valence-electron chi connectivity index (χ1n) is 9.02. The van der Waals surface area contributed by atoms with Crippen molar-refractivity contribution in [1.29, 1.82) is 0 Å². The van der Waals surface area contributed by atoms with E-state index in [0.717, 1.165) is 43.4 Å². The third kappa shape index (κ3) is 4.57. The summed E-state index contributed by atoms with van der Waals surface area (Å²) in [4.78, 5) is 29.2. The molecule has 0 bridgehead atoms. The quantitative estimate of drug-likeness (QED) is 0.624. The van der Waals surface area contributed by atoms with E-state index in [1.807, 2.05) is 63.2 Å². The fourth-order valence-corrected chi connectivity index (χ4v) is 3.67. The van der Waals surface area contributed by atoms with E-state index < -0.39 is 0 Å². The fraction of sp³-hybridized carbons (Fsp3) is 0.227. The van der Waals surface area contributed by atoms with E-state index >= 15 is 0 Å². The summed E-state index contributed by atoms with van der Waals surface area (Å²) < 4.78 is 0.950. The highest BCUT2D eigenvalue weighted by Gasteiger charge is 2.14. The van der Waals surface area contributed by atoms with Gasteiger partial charge in [0.15, 0.2) is 0 Å². The van der Waals surface area contributed by atoms with Crippen molar-refractivity contribution in [1.82, 2.24) is 10.3 Å². The normalized spacial score (nSPS) is 10.7. The molecule has 3 rings (SSSR count). The van der Waals surface area contributed by atoms with E-state index in [1.165, 1.54) is 0 Å². The van der Waals surface area contributed by atoms with Crippen molar-refractivity contribution < 1.29 is 9.59 Å². The lowest BCUT2D eigenvalue weighted by Gasteiger charge is -2.13. The average Bonchev–Trinajstić information content (AvgIpc) is 2.66. The van der Waals surface area contributed by atoms with Crippen molar-refractivity contribution in [2.24, 2.45) is 0 Å². The van der Waals surface area contributed by atoms with E-state index in [4.69, 9.17) is 0 Å². The summed E-state index contributed by atoms with van der Waals surface area (Å²) in [5.74, 6) is -0.463. The molecule has 1 aromatic heterocycles. The first-order valence-corrected chi connectivity index (χ1v) is 9.82. The van der Waals surface area contributed by atoms with Crippen molar-refractivity contribution in [3.05, 3.63) is 69.3 Å². The largest absolute Gasteiger partial charge is 0.347 e. The summed E-state index contributed by atoms with van der Waals surface area (Å²) in [6.07, 6.45) is 0.195. The van der Waals surface area contributed by atoms with Gasteiger partial charge >= 0.3 is 0 Å². The molecule has 0 unspecified atom stereocenters. The lowest BCUT2D eigenvalue weighted by molar-refractivity contribution is -0.123. The minimum Gasteiger partial charge on any atom is -0.347 e. The Morgan fingerprint density at radius 2 is 1.79 bits per heavy atom. The number of fused-ring (bicyclic) bond motifs is 1. The zero-order valence-electron chi connectivity index (χ0n) is 16.1. The maximum absolute atomic E-state index is 12.4. The Hall–Kier alpha value is -2.73. The molecular formula is C22H22BrN3O2. The summed E-state index contributed by atoms with van der Waals surface area (Å²) >= 11 is 3.40. The Balaban J connectivity index is 1.63. The zero-order valence-corrected chi connectivity index (χ0v) is 17.7. The average molecular weight is 440 g/mol. The summed E-state index contributed by atoms with van der Waals surface area (Å²) in [5.41, 5.74) is 5.39. The molecule has 0 aliphatic carbocycles. The molecular weight excluding hydrogens is 418 g/mol. The van der Waals surface area contributed by atoms with Crippen LogP contribution < -0.4 is 10.6 Å². The summed E-state index contributed by atoms with van der Waals surface area (Å²) in [5, 5.41) is 6.55. The molecule has 6 heteroatoms. The van der Waals surface area contributed by atoms with Crippen LogP contribution in [-0.4, -0.2) is 23.3 Å². The summed E-state index contributed by atoms with van der Waals surface area (Å²) in [6.45, 7) is 5.75. The molecule has 0 spiro atoms. The molecule has 28 heavy (non-hydrogen) atoms. The number of carbonyl (C=O) groups excluding carboxylic acids is 2. The second kappa shape index (κ2) is 8.52. The number of halogens is 1.